The number of rotatable bonds is 7. The van der Waals surface area contributed by atoms with Gasteiger partial charge in [0.2, 0.25) is 0 Å². The molecule has 0 radical (unpaired) electrons. The Morgan fingerprint density at radius 2 is 1.89 bits per heavy atom. The molecule has 1 amide bonds. The molecule has 0 N–H and O–H groups in total. The highest BCUT2D eigenvalue weighted by Gasteiger charge is 2.36. The van der Waals surface area contributed by atoms with Crippen LogP contribution in [0.4, 0.5) is 4.79 Å². The molecule has 36 heavy (non-hydrogen) atoms. The molecule has 3 aromatic rings. The summed E-state index contributed by atoms with van der Waals surface area (Å²) in [5.74, 6) is 0.468. The van der Waals surface area contributed by atoms with E-state index in [9.17, 15) is 9.59 Å². The van der Waals surface area contributed by atoms with Crippen molar-refractivity contribution >= 4 is 12.1 Å². The first-order valence-electron chi connectivity index (χ1n) is 12.3. The summed E-state index contributed by atoms with van der Waals surface area (Å²) in [5.41, 5.74) is 3.33. The van der Waals surface area contributed by atoms with Crippen LogP contribution in [-0.2, 0) is 27.9 Å². The average Bonchev–Trinajstić information content (AvgIpc) is 3.46. The minimum absolute atomic E-state index is 0.0192. The third kappa shape index (κ3) is 5.05. The van der Waals surface area contributed by atoms with Crippen molar-refractivity contribution in [1.29, 1.82) is 0 Å². The lowest BCUT2D eigenvalue weighted by Crippen LogP contribution is -2.30. The molecule has 0 bridgehead atoms. The van der Waals surface area contributed by atoms with Gasteiger partial charge in [0.25, 0.3) is 0 Å². The van der Waals surface area contributed by atoms with E-state index in [0.717, 1.165) is 41.8 Å². The number of ether oxygens (including phenoxy) is 3. The standard InChI is InChI=1S/C27H30N4O5/c1-30-25(23-17-31(27(33)36-23)16-18-7-4-3-5-8-18)24(28-29-30)19-11-13-21(14-12-19)35-22-10-6-9-20(15-22)26(32)34-2/h3-5,7-8,11-14,20,22-23H,6,9-10,15-17H2,1-2H3/t20-,22-,23?/m0/s1. The first kappa shape index (κ1) is 23.8. The maximum Gasteiger partial charge on any atom is 0.410 e. The van der Waals surface area contributed by atoms with Crippen LogP contribution >= 0.6 is 0 Å². The molecule has 1 unspecified atom stereocenters. The van der Waals surface area contributed by atoms with Gasteiger partial charge in [-0.25, -0.2) is 9.48 Å². The van der Waals surface area contributed by atoms with Crippen LogP contribution < -0.4 is 4.74 Å². The van der Waals surface area contributed by atoms with Gasteiger partial charge in [0.15, 0.2) is 6.10 Å². The number of aromatic nitrogens is 3. The Labute approximate surface area is 209 Å². The fourth-order valence-electron chi connectivity index (χ4n) is 5.03. The van der Waals surface area contributed by atoms with Crippen LogP contribution in [0.1, 0.15) is 43.0 Å². The smallest absolute Gasteiger partial charge is 0.410 e. The predicted octanol–water partition coefficient (Wildman–Crippen LogP) is 4.29. The molecule has 1 saturated carbocycles. The average molecular weight is 491 g/mol. The van der Waals surface area contributed by atoms with Gasteiger partial charge in [0.05, 0.1) is 25.7 Å². The molecule has 1 saturated heterocycles. The fraction of sp³-hybridized carbons (Fsp3) is 0.407. The number of methoxy groups -OCH3 is 1. The summed E-state index contributed by atoms with van der Waals surface area (Å²) in [5, 5.41) is 8.56. The second-order valence-corrected chi connectivity index (χ2v) is 9.34. The summed E-state index contributed by atoms with van der Waals surface area (Å²) in [6.07, 6.45) is 2.52. The number of carbonyl (C=O) groups is 2. The van der Waals surface area contributed by atoms with Crippen LogP contribution in [0, 0.1) is 5.92 Å². The monoisotopic (exact) mass is 490 g/mol. The van der Waals surface area contributed by atoms with Gasteiger partial charge in [0, 0.05) is 19.2 Å². The summed E-state index contributed by atoms with van der Waals surface area (Å²) in [6.45, 7) is 0.910. The van der Waals surface area contributed by atoms with Crippen LogP contribution in [0.5, 0.6) is 5.75 Å². The number of esters is 1. The topological polar surface area (TPSA) is 95.8 Å². The first-order chi connectivity index (χ1) is 17.5. The highest BCUT2D eigenvalue weighted by Crippen LogP contribution is 2.34. The van der Waals surface area contributed by atoms with Gasteiger partial charge in [-0.2, -0.15) is 0 Å². The summed E-state index contributed by atoms with van der Waals surface area (Å²) in [7, 11) is 3.23. The Balaban J connectivity index is 1.27. The zero-order valence-corrected chi connectivity index (χ0v) is 20.5. The van der Waals surface area contributed by atoms with Gasteiger partial charge in [0.1, 0.15) is 17.1 Å². The molecule has 5 rings (SSSR count). The molecule has 1 aliphatic carbocycles. The zero-order valence-electron chi connectivity index (χ0n) is 20.5. The molecule has 0 spiro atoms. The lowest BCUT2D eigenvalue weighted by molar-refractivity contribution is -0.147. The van der Waals surface area contributed by atoms with Crippen LogP contribution in [-0.4, -0.2) is 51.7 Å². The normalized spacial score (nSPS) is 21.8. The van der Waals surface area contributed by atoms with Crippen molar-refractivity contribution < 1.29 is 23.8 Å². The van der Waals surface area contributed by atoms with E-state index in [4.69, 9.17) is 14.2 Å². The molecule has 2 aliphatic rings. The van der Waals surface area contributed by atoms with Gasteiger partial charge in [-0.1, -0.05) is 35.5 Å². The molecule has 2 fully saturated rings. The van der Waals surface area contributed by atoms with E-state index in [0.29, 0.717) is 25.2 Å². The summed E-state index contributed by atoms with van der Waals surface area (Å²) < 4.78 is 18.5. The van der Waals surface area contributed by atoms with Crippen molar-refractivity contribution in [2.24, 2.45) is 13.0 Å². The summed E-state index contributed by atoms with van der Waals surface area (Å²) >= 11 is 0. The number of hydrogen-bond acceptors (Lipinski definition) is 7. The van der Waals surface area contributed by atoms with Crippen molar-refractivity contribution in [3.63, 3.8) is 0 Å². The van der Waals surface area contributed by atoms with Crippen LogP contribution in [0.2, 0.25) is 0 Å². The van der Waals surface area contributed by atoms with Gasteiger partial charge in [-0.15, -0.1) is 5.10 Å². The van der Waals surface area contributed by atoms with E-state index >= 15 is 0 Å². The molecule has 9 nitrogen and oxygen atoms in total. The minimum atomic E-state index is -0.468. The van der Waals surface area contributed by atoms with Gasteiger partial charge in [-0.3, -0.25) is 9.69 Å². The van der Waals surface area contributed by atoms with Crippen molar-refractivity contribution in [2.45, 2.75) is 44.4 Å². The van der Waals surface area contributed by atoms with Gasteiger partial charge in [-0.05, 0) is 55.5 Å². The van der Waals surface area contributed by atoms with Gasteiger partial charge >= 0.3 is 12.1 Å². The number of benzene rings is 2. The van der Waals surface area contributed by atoms with Crippen LogP contribution in [0.25, 0.3) is 11.3 Å². The number of carbonyl (C=O) groups excluding carboxylic acids is 2. The lowest BCUT2D eigenvalue weighted by Gasteiger charge is -2.28. The maximum absolute atomic E-state index is 12.6. The van der Waals surface area contributed by atoms with Crippen LogP contribution in [0.3, 0.4) is 0 Å². The number of aryl methyl sites for hydroxylation is 1. The van der Waals surface area contributed by atoms with Crippen LogP contribution in [0.15, 0.2) is 54.6 Å². The second-order valence-electron chi connectivity index (χ2n) is 9.34. The third-order valence-corrected chi connectivity index (χ3v) is 6.87. The first-order valence-corrected chi connectivity index (χ1v) is 12.3. The molecule has 1 aromatic heterocycles. The lowest BCUT2D eigenvalue weighted by atomic mass is 9.87. The minimum Gasteiger partial charge on any atom is -0.490 e. The molecule has 2 heterocycles. The van der Waals surface area contributed by atoms with E-state index in [-0.39, 0.29) is 24.1 Å². The van der Waals surface area contributed by atoms with Gasteiger partial charge < -0.3 is 14.2 Å². The molecule has 3 atom stereocenters. The molecular formula is C27H30N4O5. The Morgan fingerprint density at radius 1 is 1.11 bits per heavy atom. The Morgan fingerprint density at radius 3 is 2.64 bits per heavy atom. The SMILES string of the molecule is COC(=O)[C@H]1CCC[C@H](Oc2ccc(-c3nnn(C)c3C3CN(Cc4ccccc4)C(=O)O3)cc2)C1. The molecule has 1 aliphatic heterocycles. The van der Waals surface area contributed by atoms with E-state index in [2.05, 4.69) is 10.3 Å². The molecule has 2 aromatic carbocycles. The molecule has 9 heteroatoms. The zero-order chi connectivity index (χ0) is 25.1. The van der Waals surface area contributed by atoms with E-state index in [1.54, 1.807) is 16.6 Å². The summed E-state index contributed by atoms with van der Waals surface area (Å²) in [4.78, 5) is 26.2. The van der Waals surface area contributed by atoms with Crippen molar-refractivity contribution in [3.8, 4) is 17.0 Å². The fourth-order valence-corrected chi connectivity index (χ4v) is 5.03. The van der Waals surface area contributed by atoms with Crippen molar-refractivity contribution in [2.75, 3.05) is 13.7 Å². The highest BCUT2D eigenvalue weighted by molar-refractivity contribution is 5.72. The molecular weight excluding hydrogens is 460 g/mol. The Bertz CT molecular complexity index is 1210. The third-order valence-electron chi connectivity index (χ3n) is 6.87. The predicted molar refractivity (Wildman–Crippen MR) is 131 cm³/mol. The number of amides is 1. The number of nitrogens with zero attached hydrogens (tertiary/aromatic N) is 4. The van der Waals surface area contributed by atoms with E-state index < -0.39 is 6.10 Å². The molecule has 188 valence electrons. The largest absolute Gasteiger partial charge is 0.490 e. The number of hydrogen-bond donors (Lipinski definition) is 0. The van der Waals surface area contributed by atoms with E-state index in [1.807, 2.05) is 54.6 Å². The van der Waals surface area contributed by atoms with E-state index in [1.165, 1.54) is 7.11 Å². The quantitative estimate of drug-likeness (QED) is 0.456. The Hall–Kier alpha value is -3.88. The number of cyclic esters (lactones) is 1. The van der Waals surface area contributed by atoms with Crippen molar-refractivity contribution in [1.82, 2.24) is 19.9 Å². The maximum atomic E-state index is 12.6. The van der Waals surface area contributed by atoms with Crippen molar-refractivity contribution in [3.05, 3.63) is 65.9 Å². The highest BCUT2D eigenvalue weighted by atomic mass is 16.6. The second kappa shape index (κ2) is 10.4. The Kier molecular flexibility index (Phi) is 6.88. The summed E-state index contributed by atoms with van der Waals surface area (Å²) in [6, 6.07) is 17.5.